The highest BCUT2D eigenvalue weighted by atomic mass is 16.4. The summed E-state index contributed by atoms with van der Waals surface area (Å²) in [6, 6.07) is 0.695. The Hall–Kier alpha value is -0.810. The molecule has 4 N–H and O–H groups in total. The molecule has 1 aliphatic carbocycles. The molecular formula is C10H21N3O2. The standard InChI is InChI=1S/C10H21N3O2/c11-10(12-15)3-1-2-6-13(7-8-14)9-4-5-9/h9,14-15H,1-8H2,(H2,11,12). The summed E-state index contributed by atoms with van der Waals surface area (Å²) >= 11 is 0. The van der Waals surface area contributed by atoms with Gasteiger partial charge in [0.2, 0.25) is 0 Å². The maximum atomic E-state index is 8.88. The molecule has 0 saturated heterocycles. The Bertz CT molecular complexity index is 205. The summed E-state index contributed by atoms with van der Waals surface area (Å²) in [5, 5.41) is 20.2. The van der Waals surface area contributed by atoms with Crippen LogP contribution in [0.2, 0.25) is 0 Å². The second-order valence-corrected chi connectivity index (χ2v) is 4.04. The van der Waals surface area contributed by atoms with E-state index in [4.69, 9.17) is 16.0 Å². The summed E-state index contributed by atoms with van der Waals surface area (Å²) < 4.78 is 0. The van der Waals surface area contributed by atoms with E-state index in [1.54, 1.807) is 0 Å². The van der Waals surface area contributed by atoms with Gasteiger partial charge in [-0.25, -0.2) is 0 Å². The molecule has 0 aliphatic heterocycles. The highest BCUT2D eigenvalue weighted by Gasteiger charge is 2.27. The number of hydrogen-bond acceptors (Lipinski definition) is 4. The van der Waals surface area contributed by atoms with Crippen molar-refractivity contribution in [3.8, 4) is 0 Å². The van der Waals surface area contributed by atoms with Crippen LogP contribution in [0.25, 0.3) is 0 Å². The molecule has 1 aliphatic rings. The van der Waals surface area contributed by atoms with Crippen LogP contribution in [0.3, 0.4) is 0 Å². The number of unbranched alkanes of at least 4 members (excludes halogenated alkanes) is 1. The van der Waals surface area contributed by atoms with E-state index in [1.807, 2.05) is 0 Å². The van der Waals surface area contributed by atoms with Crippen LogP contribution in [0.5, 0.6) is 0 Å². The molecule has 0 heterocycles. The number of nitrogens with two attached hydrogens (primary N) is 1. The number of amidine groups is 1. The SMILES string of the molecule is NC(CCCCN(CCO)C1CC1)=NO. The number of nitrogens with zero attached hydrogens (tertiary/aromatic N) is 2. The van der Waals surface area contributed by atoms with Crippen molar-refractivity contribution in [3.63, 3.8) is 0 Å². The first-order valence-electron chi connectivity index (χ1n) is 5.59. The van der Waals surface area contributed by atoms with Crippen LogP contribution >= 0.6 is 0 Å². The van der Waals surface area contributed by atoms with Gasteiger partial charge in [0.05, 0.1) is 6.61 Å². The van der Waals surface area contributed by atoms with Crippen molar-refractivity contribution in [2.45, 2.75) is 38.1 Å². The summed E-state index contributed by atoms with van der Waals surface area (Å²) in [5.74, 6) is 0.301. The average Bonchev–Trinajstić information content (AvgIpc) is 3.06. The minimum absolute atomic E-state index is 0.233. The zero-order valence-corrected chi connectivity index (χ0v) is 9.10. The monoisotopic (exact) mass is 215 g/mol. The lowest BCUT2D eigenvalue weighted by Crippen LogP contribution is -2.30. The van der Waals surface area contributed by atoms with E-state index in [2.05, 4.69) is 10.1 Å². The molecule has 0 radical (unpaired) electrons. The van der Waals surface area contributed by atoms with Crippen molar-refractivity contribution >= 4 is 5.84 Å². The highest BCUT2D eigenvalue weighted by Crippen LogP contribution is 2.26. The van der Waals surface area contributed by atoms with Crippen LogP contribution in [-0.4, -0.2) is 46.8 Å². The molecule has 1 fully saturated rings. The van der Waals surface area contributed by atoms with Gasteiger partial charge in [0, 0.05) is 19.0 Å². The van der Waals surface area contributed by atoms with Crippen molar-refractivity contribution < 1.29 is 10.3 Å². The quantitative estimate of drug-likeness (QED) is 0.179. The van der Waals surface area contributed by atoms with E-state index >= 15 is 0 Å². The Balaban J connectivity index is 2.06. The summed E-state index contributed by atoms with van der Waals surface area (Å²) in [7, 11) is 0. The van der Waals surface area contributed by atoms with Gasteiger partial charge in [-0.3, -0.25) is 4.90 Å². The second-order valence-electron chi connectivity index (χ2n) is 4.04. The first-order chi connectivity index (χ1) is 7.27. The lowest BCUT2D eigenvalue weighted by molar-refractivity contribution is 0.187. The van der Waals surface area contributed by atoms with Gasteiger partial charge in [-0.1, -0.05) is 5.16 Å². The van der Waals surface area contributed by atoms with Crippen LogP contribution in [0.4, 0.5) is 0 Å². The van der Waals surface area contributed by atoms with Gasteiger partial charge >= 0.3 is 0 Å². The van der Waals surface area contributed by atoms with Gasteiger partial charge in [-0.05, 0) is 32.2 Å². The molecule has 1 rings (SSSR count). The van der Waals surface area contributed by atoms with Gasteiger partial charge in [0.15, 0.2) is 0 Å². The number of aliphatic hydroxyl groups excluding tert-OH is 1. The second kappa shape index (κ2) is 6.63. The molecule has 0 unspecified atom stereocenters. The molecule has 88 valence electrons. The van der Waals surface area contributed by atoms with Crippen molar-refractivity contribution in [1.82, 2.24) is 4.90 Å². The first-order valence-corrected chi connectivity index (χ1v) is 5.59. The zero-order valence-electron chi connectivity index (χ0n) is 9.10. The van der Waals surface area contributed by atoms with Crippen LogP contribution in [0, 0.1) is 0 Å². The van der Waals surface area contributed by atoms with E-state index in [9.17, 15) is 0 Å². The summed E-state index contributed by atoms with van der Waals surface area (Å²) in [6.45, 7) is 2.01. The third kappa shape index (κ3) is 4.99. The van der Waals surface area contributed by atoms with E-state index in [0.29, 0.717) is 18.3 Å². The third-order valence-corrected chi connectivity index (χ3v) is 2.71. The van der Waals surface area contributed by atoms with E-state index < -0.39 is 0 Å². The zero-order chi connectivity index (χ0) is 11.1. The molecule has 0 spiro atoms. The lowest BCUT2D eigenvalue weighted by Gasteiger charge is -2.20. The Morgan fingerprint density at radius 2 is 2.07 bits per heavy atom. The molecule has 1 saturated carbocycles. The normalized spacial score (nSPS) is 17.3. The molecule has 0 aromatic carbocycles. The van der Waals surface area contributed by atoms with Crippen molar-refractivity contribution in [2.24, 2.45) is 10.9 Å². The lowest BCUT2D eigenvalue weighted by atomic mass is 10.2. The fraction of sp³-hybridized carbons (Fsp3) is 0.900. The minimum atomic E-state index is 0.233. The largest absolute Gasteiger partial charge is 0.409 e. The molecule has 15 heavy (non-hydrogen) atoms. The predicted octanol–water partition coefficient (Wildman–Crippen LogP) is 0.360. The highest BCUT2D eigenvalue weighted by molar-refractivity contribution is 5.79. The Morgan fingerprint density at radius 3 is 2.60 bits per heavy atom. The molecule has 5 heteroatoms. The number of oxime groups is 1. The average molecular weight is 215 g/mol. The van der Waals surface area contributed by atoms with Crippen LogP contribution in [0.1, 0.15) is 32.1 Å². The van der Waals surface area contributed by atoms with E-state index in [0.717, 1.165) is 25.9 Å². The third-order valence-electron chi connectivity index (χ3n) is 2.71. The van der Waals surface area contributed by atoms with Gasteiger partial charge < -0.3 is 16.0 Å². The molecule has 0 amide bonds. The maximum Gasteiger partial charge on any atom is 0.139 e. The summed E-state index contributed by atoms with van der Waals surface area (Å²) in [5.41, 5.74) is 5.37. The Labute approximate surface area is 90.6 Å². The van der Waals surface area contributed by atoms with Crippen LogP contribution in [0.15, 0.2) is 5.16 Å². The smallest absolute Gasteiger partial charge is 0.139 e. The summed E-state index contributed by atoms with van der Waals surface area (Å²) in [6.07, 6.45) is 5.14. The molecule has 0 aromatic heterocycles. The Morgan fingerprint density at radius 1 is 1.33 bits per heavy atom. The van der Waals surface area contributed by atoms with Crippen LogP contribution < -0.4 is 5.73 Å². The van der Waals surface area contributed by atoms with E-state index in [1.165, 1.54) is 12.8 Å². The Kier molecular flexibility index (Phi) is 5.42. The van der Waals surface area contributed by atoms with E-state index in [-0.39, 0.29) is 6.61 Å². The predicted molar refractivity (Wildman–Crippen MR) is 58.9 cm³/mol. The molecule has 0 atom stereocenters. The number of rotatable bonds is 8. The van der Waals surface area contributed by atoms with Crippen molar-refractivity contribution in [3.05, 3.63) is 0 Å². The molecular weight excluding hydrogens is 194 g/mol. The van der Waals surface area contributed by atoms with Crippen molar-refractivity contribution in [1.29, 1.82) is 0 Å². The van der Waals surface area contributed by atoms with Gasteiger partial charge in [0.25, 0.3) is 0 Å². The first kappa shape index (κ1) is 12.3. The fourth-order valence-electron chi connectivity index (χ4n) is 1.72. The van der Waals surface area contributed by atoms with Gasteiger partial charge in [-0.15, -0.1) is 0 Å². The van der Waals surface area contributed by atoms with Gasteiger partial charge in [0.1, 0.15) is 5.84 Å². The summed E-state index contributed by atoms with van der Waals surface area (Å²) in [4.78, 5) is 2.33. The number of aliphatic hydroxyl groups is 1. The topological polar surface area (TPSA) is 82.1 Å². The van der Waals surface area contributed by atoms with Crippen molar-refractivity contribution in [2.75, 3.05) is 19.7 Å². The van der Waals surface area contributed by atoms with Crippen LogP contribution in [-0.2, 0) is 0 Å². The molecule has 0 bridgehead atoms. The number of hydrogen-bond donors (Lipinski definition) is 3. The van der Waals surface area contributed by atoms with Gasteiger partial charge in [-0.2, -0.15) is 0 Å². The minimum Gasteiger partial charge on any atom is -0.409 e. The molecule has 5 nitrogen and oxygen atoms in total. The fourth-order valence-corrected chi connectivity index (χ4v) is 1.72. The maximum absolute atomic E-state index is 8.88. The molecule has 0 aromatic rings.